The molecule has 0 saturated carbocycles. The summed E-state index contributed by atoms with van der Waals surface area (Å²) in [5.41, 5.74) is 0.239. The van der Waals surface area contributed by atoms with Crippen LogP contribution in [0.5, 0.6) is 11.5 Å². The zero-order valence-electron chi connectivity index (χ0n) is 9.54. The van der Waals surface area contributed by atoms with Gasteiger partial charge in [0.1, 0.15) is 5.75 Å². The van der Waals surface area contributed by atoms with Crippen LogP contribution in [-0.4, -0.2) is 4.92 Å². The van der Waals surface area contributed by atoms with Gasteiger partial charge in [0.05, 0.1) is 21.6 Å². The summed E-state index contributed by atoms with van der Waals surface area (Å²) in [6.45, 7) is 0. The number of para-hydroxylation sites is 2. The molecule has 0 unspecified atom stereocenters. The van der Waals surface area contributed by atoms with Crippen molar-refractivity contribution in [2.75, 3.05) is 0 Å². The Kier molecular flexibility index (Phi) is 3.64. The van der Waals surface area contributed by atoms with E-state index < -0.39 is 4.92 Å². The van der Waals surface area contributed by atoms with Crippen molar-refractivity contribution in [3.8, 4) is 17.6 Å². The van der Waals surface area contributed by atoms with Gasteiger partial charge in [-0.15, -0.1) is 0 Å². The van der Waals surface area contributed by atoms with Crippen molar-refractivity contribution in [1.82, 2.24) is 0 Å². The molecule has 0 atom stereocenters. The zero-order valence-corrected chi connectivity index (χ0v) is 10.3. The van der Waals surface area contributed by atoms with Crippen LogP contribution in [0.2, 0.25) is 5.02 Å². The Morgan fingerprint density at radius 3 is 2.58 bits per heavy atom. The molecule has 0 amide bonds. The first-order valence-electron chi connectivity index (χ1n) is 5.22. The van der Waals surface area contributed by atoms with Gasteiger partial charge in [0.15, 0.2) is 0 Å². The van der Waals surface area contributed by atoms with Gasteiger partial charge in [-0.05, 0) is 24.3 Å². The highest BCUT2D eigenvalue weighted by Crippen LogP contribution is 2.34. The van der Waals surface area contributed by atoms with Gasteiger partial charge in [0.2, 0.25) is 5.75 Å². The normalized spacial score (nSPS) is 9.68. The van der Waals surface area contributed by atoms with E-state index in [-0.39, 0.29) is 22.2 Å². The fourth-order valence-electron chi connectivity index (χ4n) is 1.47. The number of hydrogen-bond donors (Lipinski definition) is 0. The van der Waals surface area contributed by atoms with Crippen LogP contribution in [0.1, 0.15) is 5.56 Å². The monoisotopic (exact) mass is 274 g/mol. The highest BCUT2D eigenvalue weighted by atomic mass is 35.5. The van der Waals surface area contributed by atoms with Gasteiger partial charge in [-0.25, -0.2) is 0 Å². The third-order valence-electron chi connectivity index (χ3n) is 2.34. The van der Waals surface area contributed by atoms with Gasteiger partial charge < -0.3 is 4.74 Å². The molecule has 0 spiro atoms. The van der Waals surface area contributed by atoms with Crippen molar-refractivity contribution in [2.45, 2.75) is 0 Å². The van der Waals surface area contributed by atoms with E-state index in [0.717, 1.165) is 0 Å². The lowest BCUT2D eigenvalue weighted by Crippen LogP contribution is -1.93. The van der Waals surface area contributed by atoms with Gasteiger partial charge in [0, 0.05) is 6.07 Å². The average molecular weight is 275 g/mol. The highest BCUT2D eigenvalue weighted by molar-refractivity contribution is 6.32. The van der Waals surface area contributed by atoms with E-state index in [1.807, 2.05) is 6.07 Å². The molecule has 2 aromatic carbocycles. The van der Waals surface area contributed by atoms with Crippen LogP contribution >= 0.6 is 11.6 Å². The Morgan fingerprint density at radius 2 is 1.95 bits per heavy atom. The smallest absolute Gasteiger partial charge is 0.311 e. The Morgan fingerprint density at radius 1 is 1.21 bits per heavy atom. The molecule has 19 heavy (non-hydrogen) atoms. The summed E-state index contributed by atoms with van der Waals surface area (Å²) < 4.78 is 5.42. The summed E-state index contributed by atoms with van der Waals surface area (Å²) in [5, 5.41) is 19.8. The molecule has 0 radical (unpaired) electrons. The lowest BCUT2D eigenvalue weighted by atomic mass is 10.2. The Hall–Kier alpha value is -2.58. The topological polar surface area (TPSA) is 76.2 Å². The predicted molar refractivity (Wildman–Crippen MR) is 69.3 cm³/mol. The molecular formula is C13H7ClN2O3. The molecule has 0 saturated heterocycles. The molecule has 6 heteroatoms. The molecule has 5 nitrogen and oxygen atoms in total. The molecule has 0 aliphatic rings. The van der Waals surface area contributed by atoms with Gasteiger partial charge in [-0.2, -0.15) is 5.26 Å². The quantitative estimate of drug-likeness (QED) is 0.628. The van der Waals surface area contributed by atoms with E-state index in [1.165, 1.54) is 30.3 Å². The third-order valence-corrected chi connectivity index (χ3v) is 2.64. The molecule has 0 bridgehead atoms. The first kappa shape index (κ1) is 12.9. The SMILES string of the molecule is N#Cc1ccc(Oc2ccccc2[N+](=O)[O-])c(Cl)c1. The van der Waals surface area contributed by atoms with Crippen molar-refractivity contribution in [2.24, 2.45) is 0 Å². The molecule has 0 aromatic heterocycles. The van der Waals surface area contributed by atoms with Gasteiger partial charge in [-0.3, -0.25) is 10.1 Å². The maximum atomic E-state index is 10.8. The largest absolute Gasteiger partial charge is 0.449 e. The number of hydrogen-bond acceptors (Lipinski definition) is 4. The fraction of sp³-hybridized carbons (Fsp3) is 0. The van der Waals surface area contributed by atoms with Crippen molar-refractivity contribution in [3.63, 3.8) is 0 Å². The second-order valence-corrected chi connectivity index (χ2v) is 3.99. The Balaban J connectivity index is 2.37. The zero-order chi connectivity index (χ0) is 13.8. The Labute approximate surface area is 113 Å². The van der Waals surface area contributed by atoms with Crippen LogP contribution in [0, 0.1) is 21.4 Å². The average Bonchev–Trinajstić information content (AvgIpc) is 2.41. The molecule has 0 aliphatic carbocycles. The first-order valence-corrected chi connectivity index (χ1v) is 5.60. The number of nitro groups is 1. The van der Waals surface area contributed by atoms with Gasteiger partial charge >= 0.3 is 5.69 Å². The number of benzene rings is 2. The number of nitriles is 1. The van der Waals surface area contributed by atoms with Crippen LogP contribution < -0.4 is 4.74 Å². The number of halogens is 1. The summed E-state index contributed by atoms with van der Waals surface area (Å²) in [7, 11) is 0. The van der Waals surface area contributed by atoms with E-state index in [0.29, 0.717) is 5.56 Å². The van der Waals surface area contributed by atoms with Crippen molar-refractivity contribution in [3.05, 3.63) is 63.2 Å². The van der Waals surface area contributed by atoms with Crippen molar-refractivity contribution < 1.29 is 9.66 Å². The predicted octanol–water partition coefficient (Wildman–Crippen LogP) is 3.91. The Bertz CT molecular complexity index is 680. The first-order chi connectivity index (χ1) is 9.11. The van der Waals surface area contributed by atoms with Crippen LogP contribution in [-0.2, 0) is 0 Å². The minimum Gasteiger partial charge on any atom is -0.449 e. The van der Waals surface area contributed by atoms with Crippen LogP contribution in [0.3, 0.4) is 0 Å². The van der Waals surface area contributed by atoms with E-state index in [9.17, 15) is 10.1 Å². The minimum absolute atomic E-state index is 0.0964. The van der Waals surface area contributed by atoms with E-state index in [2.05, 4.69) is 0 Å². The standard InChI is InChI=1S/C13H7ClN2O3/c14-10-7-9(8-15)5-6-12(10)19-13-4-2-1-3-11(13)16(17)18/h1-7H. The van der Waals surface area contributed by atoms with Crippen molar-refractivity contribution in [1.29, 1.82) is 5.26 Å². The second kappa shape index (κ2) is 5.38. The van der Waals surface area contributed by atoms with Crippen LogP contribution in [0.25, 0.3) is 0 Å². The number of nitrogens with zero attached hydrogens (tertiary/aromatic N) is 2. The van der Waals surface area contributed by atoms with E-state index in [4.69, 9.17) is 21.6 Å². The lowest BCUT2D eigenvalue weighted by molar-refractivity contribution is -0.385. The summed E-state index contributed by atoms with van der Waals surface area (Å²) in [6.07, 6.45) is 0. The minimum atomic E-state index is -0.535. The summed E-state index contributed by atoms with van der Waals surface area (Å²) in [5.74, 6) is 0.356. The maximum Gasteiger partial charge on any atom is 0.311 e. The summed E-state index contributed by atoms with van der Waals surface area (Å²) >= 11 is 5.94. The lowest BCUT2D eigenvalue weighted by Gasteiger charge is -2.07. The molecule has 2 rings (SSSR count). The fourth-order valence-corrected chi connectivity index (χ4v) is 1.69. The third kappa shape index (κ3) is 2.81. The number of nitro benzene ring substituents is 1. The second-order valence-electron chi connectivity index (χ2n) is 3.58. The van der Waals surface area contributed by atoms with E-state index >= 15 is 0 Å². The number of ether oxygens (including phenoxy) is 1. The van der Waals surface area contributed by atoms with E-state index in [1.54, 1.807) is 12.1 Å². The molecular weight excluding hydrogens is 268 g/mol. The van der Waals surface area contributed by atoms with Crippen LogP contribution in [0.4, 0.5) is 5.69 Å². The van der Waals surface area contributed by atoms with Crippen LogP contribution in [0.15, 0.2) is 42.5 Å². The summed E-state index contributed by atoms with van der Waals surface area (Å²) in [4.78, 5) is 10.3. The molecule has 0 fully saturated rings. The highest BCUT2D eigenvalue weighted by Gasteiger charge is 2.15. The molecule has 0 N–H and O–H groups in total. The van der Waals surface area contributed by atoms with Crippen molar-refractivity contribution >= 4 is 17.3 Å². The molecule has 94 valence electrons. The maximum absolute atomic E-state index is 10.8. The molecule has 2 aromatic rings. The van der Waals surface area contributed by atoms with Gasteiger partial charge in [-0.1, -0.05) is 23.7 Å². The summed E-state index contributed by atoms with van der Waals surface area (Å²) in [6, 6.07) is 12.4. The van der Waals surface area contributed by atoms with Gasteiger partial charge in [0.25, 0.3) is 0 Å². The molecule has 0 heterocycles. The number of rotatable bonds is 3. The molecule has 0 aliphatic heterocycles.